The van der Waals surface area contributed by atoms with Gasteiger partial charge in [-0.15, -0.1) is 0 Å². The third-order valence-electron chi connectivity index (χ3n) is 4.31. The molecule has 0 radical (unpaired) electrons. The highest BCUT2D eigenvalue weighted by atomic mass is 32.2. The van der Waals surface area contributed by atoms with Crippen LogP contribution in [-0.2, 0) is 14.6 Å². The van der Waals surface area contributed by atoms with E-state index in [0.29, 0.717) is 32.0 Å². The van der Waals surface area contributed by atoms with E-state index in [1.807, 2.05) is 0 Å². The molecule has 2 aliphatic rings. The number of piperidine rings is 1. The molecule has 0 aliphatic carbocycles. The molecule has 0 aromatic carbocycles. The lowest BCUT2D eigenvalue weighted by Crippen LogP contribution is -2.49. The molecule has 1 amide bonds. The first-order valence-electron chi connectivity index (χ1n) is 7.44. The topological polar surface area (TPSA) is 92.5 Å². The van der Waals surface area contributed by atoms with Crippen LogP contribution in [0.25, 0.3) is 0 Å². The predicted octanol–water partition coefficient (Wildman–Crippen LogP) is -0.649. The van der Waals surface area contributed by atoms with E-state index in [-0.39, 0.29) is 23.3 Å². The molecule has 0 bridgehead atoms. The van der Waals surface area contributed by atoms with Gasteiger partial charge in [0.25, 0.3) is 0 Å². The molecule has 3 N–H and O–H groups in total. The Labute approximate surface area is 121 Å². The van der Waals surface area contributed by atoms with Crippen molar-refractivity contribution in [3.05, 3.63) is 0 Å². The fourth-order valence-corrected chi connectivity index (χ4v) is 4.60. The highest BCUT2D eigenvalue weighted by Gasteiger charge is 2.32. The van der Waals surface area contributed by atoms with E-state index in [1.54, 1.807) is 0 Å². The van der Waals surface area contributed by atoms with Gasteiger partial charge in [0.05, 0.1) is 17.4 Å². The van der Waals surface area contributed by atoms with Crippen molar-refractivity contribution in [2.45, 2.75) is 31.7 Å². The molecular weight excluding hydrogens is 278 g/mol. The Morgan fingerprint density at radius 3 is 2.60 bits per heavy atom. The first-order valence-corrected chi connectivity index (χ1v) is 9.26. The second kappa shape index (κ2) is 6.87. The third-order valence-corrected chi connectivity index (χ3v) is 6.02. The second-order valence-electron chi connectivity index (χ2n) is 5.80. The molecule has 6 nitrogen and oxygen atoms in total. The largest absolute Gasteiger partial charge is 0.355 e. The number of nitrogens with two attached hydrogens (primary N) is 1. The minimum absolute atomic E-state index is 0.0221. The minimum atomic E-state index is -2.82. The monoisotopic (exact) mass is 303 g/mol. The van der Waals surface area contributed by atoms with Crippen LogP contribution < -0.4 is 11.1 Å². The number of hydrogen-bond donors (Lipinski definition) is 2. The summed E-state index contributed by atoms with van der Waals surface area (Å²) in [5.41, 5.74) is 5.39. The first-order chi connectivity index (χ1) is 9.52. The number of nitrogens with one attached hydrogen (secondary N) is 1. The third kappa shape index (κ3) is 4.17. The lowest BCUT2D eigenvalue weighted by Gasteiger charge is -2.39. The fraction of sp³-hybridized carbons (Fsp3) is 0.923. The number of hydrogen-bond acceptors (Lipinski definition) is 5. The van der Waals surface area contributed by atoms with Crippen LogP contribution in [0, 0.1) is 5.92 Å². The van der Waals surface area contributed by atoms with Gasteiger partial charge in [0, 0.05) is 25.7 Å². The Morgan fingerprint density at radius 1 is 1.25 bits per heavy atom. The molecule has 116 valence electrons. The standard InChI is InChI=1S/C13H25N3O3S/c14-5-6-15-13(17)11-2-1-7-16(10-11)12-3-8-20(18,19)9-4-12/h11-12H,1-10,14H2,(H,15,17). The molecule has 1 unspecified atom stereocenters. The molecule has 0 aromatic rings. The quantitative estimate of drug-likeness (QED) is 0.720. The number of likely N-dealkylation sites (tertiary alicyclic amines) is 1. The molecular formula is C13H25N3O3S. The van der Waals surface area contributed by atoms with Gasteiger partial charge in [-0.2, -0.15) is 0 Å². The van der Waals surface area contributed by atoms with E-state index in [1.165, 1.54) is 0 Å². The van der Waals surface area contributed by atoms with E-state index in [2.05, 4.69) is 10.2 Å². The molecule has 2 aliphatic heterocycles. The molecule has 7 heteroatoms. The van der Waals surface area contributed by atoms with Crippen molar-refractivity contribution in [3.8, 4) is 0 Å². The minimum Gasteiger partial charge on any atom is -0.355 e. The lowest BCUT2D eigenvalue weighted by molar-refractivity contribution is -0.127. The maximum atomic E-state index is 12.0. The first kappa shape index (κ1) is 15.7. The average Bonchev–Trinajstić information content (AvgIpc) is 2.45. The van der Waals surface area contributed by atoms with Gasteiger partial charge in [-0.05, 0) is 32.2 Å². The van der Waals surface area contributed by atoms with Crippen molar-refractivity contribution in [1.29, 1.82) is 0 Å². The zero-order chi connectivity index (χ0) is 14.6. The number of nitrogens with zero attached hydrogens (tertiary/aromatic N) is 1. The van der Waals surface area contributed by atoms with Crippen molar-refractivity contribution < 1.29 is 13.2 Å². The summed E-state index contributed by atoms with van der Waals surface area (Å²) >= 11 is 0. The Balaban J connectivity index is 1.86. The molecule has 0 saturated carbocycles. The lowest BCUT2D eigenvalue weighted by atomic mass is 9.94. The van der Waals surface area contributed by atoms with Crippen LogP contribution in [0.4, 0.5) is 0 Å². The number of rotatable bonds is 4. The van der Waals surface area contributed by atoms with Crippen LogP contribution in [0.1, 0.15) is 25.7 Å². The molecule has 0 aromatic heterocycles. The Bertz CT molecular complexity index is 424. The van der Waals surface area contributed by atoms with Gasteiger partial charge in [0.15, 0.2) is 0 Å². The summed E-state index contributed by atoms with van der Waals surface area (Å²) in [6.45, 7) is 2.71. The Morgan fingerprint density at radius 2 is 1.95 bits per heavy atom. The van der Waals surface area contributed by atoms with Crippen LogP contribution in [0.5, 0.6) is 0 Å². The smallest absolute Gasteiger partial charge is 0.224 e. The van der Waals surface area contributed by atoms with E-state index < -0.39 is 9.84 Å². The highest BCUT2D eigenvalue weighted by molar-refractivity contribution is 7.91. The molecule has 2 saturated heterocycles. The van der Waals surface area contributed by atoms with Crippen molar-refractivity contribution in [1.82, 2.24) is 10.2 Å². The maximum Gasteiger partial charge on any atom is 0.224 e. The van der Waals surface area contributed by atoms with E-state index in [4.69, 9.17) is 5.73 Å². The van der Waals surface area contributed by atoms with Gasteiger partial charge in [-0.3, -0.25) is 9.69 Å². The fourth-order valence-electron chi connectivity index (χ4n) is 3.13. The van der Waals surface area contributed by atoms with E-state index in [0.717, 1.165) is 25.9 Å². The zero-order valence-electron chi connectivity index (χ0n) is 11.9. The summed E-state index contributed by atoms with van der Waals surface area (Å²) in [7, 11) is -2.82. The van der Waals surface area contributed by atoms with Crippen molar-refractivity contribution in [2.75, 3.05) is 37.7 Å². The summed E-state index contributed by atoms with van der Waals surface area (Å²) in [6, 6.07) is 0.323. The van der Waals surface area contributed by atoms with Gasteiger partial charge in [0.2, 0.25) is 5.91 Å². The number of carbonyl (C=O) groups excluding carboxylic acids is 1. The molecule has 1 atom stereocenters. The van der Waals surface area contributed by atoms with Crippen LogP contribution >= 0.6 is 0 Å². The average molecular weight is 303 g/mol. The summed E-state index contributed by atoms with van der Waals surface area (Å²) in [5, 5.41) is 2.85. The van der Waals surface area contributed by atoms with Crippen molar-refractivity contribution in [2.24, 2.45) is 11.7 Å². The summed E-state index contributed by atoms with van der Waals surface area (Å²) in [4.78, 5) is 14.3. The summed E-state index contributed by atoms with van der Waals surface area (Å²) < 4.78 is 23.0. The Hall–Kier alpha value is -0.660. The number of amides is 1. The number of sulfone groups is 1. The highest BCUT2D eigenvalue weighted by Crippen LogP contribution is 2.24. The molecule has 0 spiro atoms. The van der Waals surface area contributed by atoms with Gasteiger partial charge in [0.1, 0.15) is 9.84 Å². The number of carbonyl (C=O) groups is 1. The Kier molecular flexibility index (Phi) is 5.40. The van der Waals surface area contributed by atoms with Crippen LogP contribution in [0.2, 0.25) is 0 Å². The van der Waals surface area contributed by atoms with Gasteiger partial charge in [-0.25, -0.2) is 8.42 Å². The summed E-state index contributed by atoms with van der Waals surface area (Å²) in [6.07, 6.45) is 3.33. The van der Waals surface area contributed by atoms with Gasteiger partial charge < -0.3 is 11.1 Å². The molecule has 2 heterocycles. The van der Waals surface area contributed by atoms with E-state index in [9.17, 15) is 13.2 Å². The molecule has 2 rings (SSSR count). The van der Waals surface area contributed by atoms with Gasteiger partial charge >= 0.3 is 0 Å². The SMILES string of the molecule is NCCNC(=O)C1CCCN(C2CCS(=O)(=O)CC2)C1. The van der Waals surface area contributed by atoms with Gasteiger partial charge in [-0.1, -0.05) is 0 Å². The van der Waals surface area contributed by atoms with Crippen LogP contribution in [-0.4, -0.2) is 63.0 Å². The molecule has 2 fully saturated rings. The normalized spacial score (nSPS) is 28.1. The summed E-state index contributed by atoms with van der Waals surface area (Å²) in [5.74, 6) is 0.688. The van der Waals surface area contributed by atoms with Crippen molar-refractivity contribution >= 4 is 15.7 Å². The maximum absolute atomic E-state index is 12.0. The van der Waals surface area contributed by atoms with E-state index >= 15 is 0 Å². The van der Waals surface area contributed by atoms with Crippen molar-refractivity contribution in [3.63, 3.8) is 0 Å². The van der Waals surface area contributed by atoms with Crippen LogP contribution in [0.3, 0.4) is 0 Å². The zero-order valence-corrected chi connectivity index (χ0v) is 12.7. The van der Waals surface area contributed by atoms with Crippen LogP contribution in [0.15, 0.2) is 0 Å². The predicted molar refractivity (Wildman–Crippen MR) is 78.0 cm³/mol. The molecule has 20 heavy (non-hydrogen) atoms. The second-order valence-corrected chi connectivity index (χ2v) is 8.10.